The van der Waals surface area contributed by atoms with Crippen LogP contribution in [0.2, 0.25) is 0 Å². The predicted molar refractivity (Wildman–Crippen MR) is 88.4 cm³/mol. The number of nitrogens with zero attached hydrogens (tertiary/aromatic N) is 2. The van der Waals surface area contributed by atoms with E-state index in [1.807, 2.05) is 0 Å². The van der Waals surface area contributed by atoms with Crippen molar-refractivity contribution < 1.29 is 23.0 Å². The van der Waals surface area contributed by atoms with Crippen LogP contribution in [0.15, 0.2) is 53.3 Å². The fourth-order valence-electron chi connectivity index (χ4n) is 2.43. The number of rotatable bonds is 5. The fourth-order valence-corrected chi connectivity index (χ4v) is 2.43. The van der Waals surface area contributed by atoms with Crippen LogP contribution in [0.5, 0.6) is 5.75 Å². The van der Waals surface area contributed by atoms with Gasteiger partial charge in [-0.05, 0) is 43.3 Å². The number of ether oxygens (including phenoxy) is 2. The minimum atomic E-state index is -2.94. The molecule has 0 atom stereocenters. The van der Waals surface area contributed by atoms with Crippen LogP contribution in [-0.2, 0) is 11.3 Å². The molecular formula is C18H14F2N2O4. The second-order valence-electron chi connectivity index (χ2n) is 5.43. The molecule has 0 spiro atoms. The van der Waals surface area contributed by atoms with E-state index in [1.165, 1.54) is 34.7 Å². The summed E-state index contributed by atoms with van der Waals surface area (Å²) in [5.74, 6) is -0.726. The molecule has 0 bridgehead atoms. The van der Waals surface area contributed by atoms with Crippen LogP contribution in [0.25, 0.3) is 5.65 Å². The zero-order chi connectivity index (χ0) is 18.7. The smallest absolute Gasteiger partial charge is 0.387 e. The number of alkyl halides is 2. The Labute approximate surface area is 146 Å². The van der Waals surface area contributed by atoms with Gasteiger partial charge in [0.1, 0.15) is 18.0 Å². The highest BCUT2D eigenvalue weighted by Gasteiger charge is 2.11. The van der Waals surface area contributed by atoms with Crippen LogP contribution in [-0.4, -0.2) is 22.0 Å². The topological polar surface area (TPSA) is 69.9 Å². The number of pyridine rings is 1. The van der Waals surface area contributed by atoms with Crippen molar-refractivity contribution in [1.82, 2.24) is 9.38 Å². The van der Waals surface area contributed by atoms with Gasteiger partial charge in [-0.1, -0.05) is 6.07 Å². The molecule has 0 saturated heterocycles. The third-order valence-corrected chi connectivity index (χ3v) is 3.60. The molecule has 0 aliphatic carbocycles. The first kappa shape index (κ1) is 17.5. The lowest BCUT2D eigenvalue weighted by Gasteiger charge is -2.08. The van der Waals surface area contributed by atoms with Gasteiger partial charge in [0, 0.05) is 11.8 Å². The maximum absolute atomic E-state index is 12.2. The Morgan fingerprint density at radius 1 is 1.19 bits per heavy atom. The lowest BCUT2D eigenvalue weighted by molar-refractivity contribution is -0.0498. The summed E-state index contributed by atoms with van der Waals surface area (Å²) in [7, 11) is 0. The molecule has 0 saturated carbocycles. The molecule has 2 heterocycles. The SMILES string of the molecule is Cc1cccc2nc(COC(=O)c3ccc(OC(F)F)cc3)cc(=O)n12. The number of halogens is 2. The Morgan fingerprint density at radius 2 is 1.92 bits per heavy atom. The minimum Gasteiger partial charge on any atom is -0.456 e. The summed E-state index contributed by atoms with van der Waals surface area (Å²) in [6.07, 6.45) is 0. The summed E-state index contributed by atoms with van der Waals surface area (Å²) < 4.78 is 35.0. The number of esters is 1. The first-order valence-corrected chi connectivity index (χ1v) is 7.64. The summed E-state index contributed by atoms with van der Waals surface area (Å²) in [5.41, 5.74) is 1.41. The molecule has 8 heteroatoms. The van der Waals surface area contributed by atoms with Gasteiger partial charge in [-0.15, -0.1) is 0 Å². The van der Waals surface area contributed by atoms with Gasteiger partial charge in [-0.2, -0.15) is 8.78 Å². The largest absolute Gasteiger partial charge is 0.456 e. The molecule has 0 radical (unpaired) electrons. The van der Waals surface area contributed by atoms with E-state index in [2.05, 4.69) is 9.72 Å². The molecular weight excluding hydrogens is 346 g/mol. The van der Waals surface area contributed by atoms with Gasteiger partial charge >= 0.3 is 12.6 Å². The summed E-state index contributed by atoms with van der Waals surface area (Å²) >= 11 is 0. The van der Waals surface area contributed by atoms with Crippen LogP contribution >= 0.6 is 0 Å². The maximum Gasteiger partial charge on any atom is 0.387 e. The molecule has 2 aromatic heterocycles. The highest BCUT2D eigenvalue weighted by atomic mass is 19.3. The summed E-state index contributed by atoms with van der Waals surface area (Å²) in [5, 5.41) is 0. The normalized spacial score (nSPS) is 10.9. The Kier molecular flexibility index (Phi) is 4.92. The Hall–Kier alpha value is -3.29. The lowest BCUT2D eigenvalue weighted by atomic mass is 10.2. The zero-order valence-corrected chi connectivity index (χ0v) is 13.7. The average molecular weight is 360 g/mol. The standard InChI is InChI=1S/C18H14F2N2O4/c1-11-3-2-4-15-21-13(9-16(23)22(11)15)10-25-17(24)12-5-7-14(8-6-12)26-18(19)20/h2-9,18H,10H2,1H3. The molecule has 0 amide bonds. The highest BCUT2D eigenvalue weighted by molar-refractivity contribution is 5.89. The molecule has 26 heavy (non-hydrogen) atoms. The van der Waals surface area contributed by atoms with Crippen LogP contribution in [0.1, 0.15) is 21.7 Å². The van der Waals surface area contributed by atoms with Crippen molar-refractivity contribution in [2.24, 2.45) is 0 Å². The molecule has 0 aliphatic heterocycles. The second kappa shape index (κ2) is 7.30. The molecule has 0 aliphatic rings. The number of hydrogen-bond donors (Lipinski definition) is 0. The number of aromatic nitrogens is 2. The van der Waals surface area contributed by atoms with Crippen molar-refractivity contribution in [3.63, 3.8) is 0 Å². The minimum absolute atomic E-state index is 0.0591. The van der Waals surface area contributed by atoms with E-state index < -0.39 is 12.6 Å². The highest BCUT2D eigenvalue weighted by Crippen LogP contribution is 2.16. The van der Waals surface area contributed by atoms with Crippen LogP contribution in [0, 0.1) is 6.92 Å². The van der Waals surface area contributed by atoms with Crippen molar-refractivity contribution in [2.45, 2.75) is 20.1 Å². The molecule has 3 aromatic rings. The number of benzene rings is 1. The Balaban J connectivity index is 1.71. The number of carbonyl (C=O) groups is 1. The molecule has 0 N–H and O–H groups in total. The van der Waals surface area contributed by atoms with E-state index in [1.54, 1.807) is 25.1 Å². The van der Waals surface area contributed by atoms with Crippen molar-refractivity contribution >= 4 is 11.6 Å². The summed E-state index contributed by atoms with van der Waals surface area (Å²) in [6, 6.07) is 11.7. The average Bonchev–Trinajstić information content (AvgIpc) is 2.59. The third-order valence-electron chi connectivity index (χ3n) is 3.60. The van der Waals surface area contributed by atoms with Gasteiger partial charge in [0.2, 0.25) is 0 Å². The molecule has 134 valence electrons. The third kappa shape index (κ3) is 3.85. The van der Waals surface area contributed by atoms with Crippen molar-refractivity contribution in [1.29, 1.82) is 0 Å². The Bertz CT molecular complexity index is 1000. The second-order valence-corrected chi connectivity index (χ2v) is 5.43. The van der Waals surface area contributed by atoms with Gasteiger partial charge < -0.3 is 9.47 Å². The van der Waals surface area contributed by atoms with Crippen molar-refractivity contribution in [2.75, 3.05) is 0 Å². The van der Waals surface area contributed by atoms with Gasteiger partial charge in [0.25, 0.3) is 5.56 Å². The monoisotopic (exact) mass is 360 g/mol. The van der Waals surface area contributed by atoms with Crippen LogP contribution in [0.4, 0.5) is 8.78 Å². The summed E-state index contributed by atoms with van der Waals surface area (Å²) in [6.45, 7) is -1.33. The summed E-state index contributed by atoms with van der Waals surface area (Å²) in [4.78, 5) is 28.5. The van der Waals surface area contributed by atoms with Gasteiger partial charge in [0.15, 0.2) is 0 Å². The van der Waals surface area contributed by atoms with Gasteiger partial charge in [-0.25, -0.2) is 9.78 Å². The lowest BCUT2D eigenvalue weighted by Crippen LogP contribution is -2.18. The van der Waals surface area contributed by atoms with Crippen LogP contribution < -0.4 is 10.3 Å². The van der Waals surface area contributed by atoms with Crippen molar-refractivity contribution in [3.05, 3.63) is 75.8 Å². The Morgan fingerprint density at radius 3 is 2.62 bits per heavy atom. The van der Waals surface area contributed by atoms with Crippen molar-refractivity contribution in [3.8, 4) is 5.75 Å². The molecule has 0 fully saturated rings. The molecule has 3 rings (SSSR count). The van der Waals surface area contributed by atoms with Gasteiger partial charge in [0.05, 0.1) is 11.3 Å². The molecule has 6 nitrogen and oxygen atoms in total. The molecule has 1 aromatic carbocycles. The fraction of sp³-hybridized carbons (Fsp3) is 0.167. The van der Waals surface area contributed by atoms with Gasteiger partial charge in [-0.3, -0.25) is 9.20 Å². The number of fused-ring (bicyclic) bond motifs is 1. The van der Waals surface area contributed by atoms with E-state index >= 15 is 0 Å². The number of hydrogen-bond acceptors (Lipinski definition) is 5. The first-order chi connectivity index (χ1) is 12.4. The van der Waals surface area contributed by atoms with E-state index in [-0.39, 0.29) is 23.5 Å². The van der Waals surface area contributed by atoms with E-state index in [0.29, 0.717) is 11.3 Å². The number of aryl methyl sites for hydroxylation is 1. The first-order valence-electron chi connectivity index (χ1n) is 7.64. The molecule has 0 unspecified atom stereocenters. The maximum atomic E-state index is 12.2. The van der Waals surface area contributed by atoms with E-state index in [4.69, 9.17) is 4.74 Å². The van der Waals surface area contributed by atoms with E-state index in [0.717, 1.165) is 5.69 Å². The van der Waals surface area contributed by atoms with E-state index in [9.17, 15) is 18.4 Å². The van der Waals surface area contributed by atoms with Crippen LogP contribution in [0.3, 0.4) is 0 Å². The predicted octanol–water partition coefficient (Wildman–Crippen LogP) is 2.96. The zero-order valence-electron chi connectivity index (χ0n) is 13.7. The number of carbonyl (C=O) groups excluding carboxylic acids is 1. The quantitative estimate of drug-likeness (QED) is 0.655.